The van der Waals surface area contributed by atoms with E-state index in [1.165, 1.54) is 41.9 Å². The van der Waals surface area contributed by atoms with Crippen LogP contribution in [0, 0.1) is 0 Å². The summed E-state index contributed by atoms with van der Waals surface area (Å²) in [6.07, 6.45) is 1.45. The number of hydrogen-bond donors (Lipinski definition) is 1. The number of rotatable bonds is 10. The maximum atomic E-state index is 13.4. The molecule has 42 heavy (non-hydrogen) atoms. The van der Waals surface area contributed by atoms with E-state index in [-0.39, 0.29) is 15.6 Å². The predicted molar refractivity (Wildman–Crippen MR) is 168 cm³/mol. The van der Waals surface area contributed by atoms with Crippen LogP contribution in [-0.2, 0) is 21.4 Å². The zero-order valence-electron chi connectivity index (χ0n) is 22.2. The molecule has 0 radical (unpaired) electrons. The van der Waals surface area contributed by atoms with Crippen molar-refractivity contribution in [2.75, 3.05) is 10.8 Å². The first kappa shape index (κ1) is 29.1. The summed E-state index contributed by atoms with van der Waals surface area (Å²) >= 11 is 12.3. The Morgan fingerprint density at radius 3 is 2.29 bits per heavy atom. The lowest BCUT2D eigenvalue weighted by molar-refractivity contribution is -0.119. The fourth-order valence-electron chi connectivity index (χ4n) is 4.19. The second-order valence-corrected chi connectivity index (χ2v) is 12.0. The van der Waals surface area contributed by atoms with Crippen molar-refractivity contribution < 1.29 is 17.9 Å². The van der Waals surface area contributed by atoms with Gasteiger partial charge >= 0.3 is 0 Å². The molecular weight excluding hydrogens is 593 g/mol. The lowest BCUT2D eigenvalue weighted by Gasteiger charge is -2.24. The zero-order chi connectivity index (χ0) is 29.5. The second kappa shape index (κ2) is 13.1. The molecule has 0 bridgehead atoms. The summed E-state index contributed by atoms with van der Waals surface area (Å²) in [5.74, 6) is 0.0260. The SMILES string of the molecule is O=C(CN(c1ccc(Cl)cc1Cl)S(=O)(=O)c1ccccc1)N/N=C\c1ccc(OCc2ccc3ccccc3c2)cc1. The molecule has 7 nitrogen and oxygen atoms in total. The van der Waals surface area contributed by atoms with E-state index in [0.717, 1.165) is 15.3 Å². The van der Waals surface area contributed by atoms with Crippen LogP contribution in [0.4, 0.5) is 5.69 Å². The fraction of sp³-hybridized carbons (Fsp3) is 0.0625. The van der Waals surface area contributed by atoms with E-state index in [4.69, 9.17) is 27.9 Å². The van der Waals surface area contributed by atoms with Gasteiger partial charge in [-0.2, -0.15) is 5.10 Å². The molecule has 0 aliphatic heterocycles. The monoisotopic (exact) mass is 617 g/mol. The third-order valence-corrected chi connectivity index (χ3v) is 8.61. The first-order chi connectivity index (χ1) is 20.3. The average Bonchev–Trinajstić information content (AvgIpc) is 3.00. The molecule has 0 saturated carbocycles. The van der Waals surface area contributed by atoms with Gasteiger partial charge in [0.05, 0.1) is 21.8 Å². The van der Waals surface area contributed by atoms with Gasteiger partial charge in [-0.15, -0.1) is 0 Å². The molecule has 1 amide bonds. The number of carbonyl (C=O) groups is 1. The number of fused-ring (bicyclic) bond motifs is 1. The molecular formula is C32H25Cl2N3O4S. The van der Waals surface area contributed by atoms with Crippen LogP contribution < -0.4 is 14.5 Å². The quantitative estimate of drug-likeness (QED) is 0.134. The van der Waals surface area contributed by atoms with Gasteiger partial charge in [0, 0.05) is 5.02 Å². The van der Waals surface area contributed by atoms with Crippen molar-refractivity contribution in [3.63, 3.8) is 0 Å². The molecule has 0 atom stereocenters. The van der Waals surface area contributed by atoms with Crippen molar-refractivity contribution in [3.05, 3.63) is 136 Å². The van der Waals surface area contributed by atoms with Crippen molar-refractivity contribution in [1.29, 1.82) is 0 Å². The molecule has 0 aliphatic rings. The maximum Gasteiger partial charge on any atom is 0.264 e. The van der Waals surface area contributed by atoms with Crippen molar-refractivity contribution in [1.82, 2.24) is 5.43 Å². The molecule has 5 aromatic carbocycles. The van der Waals surface area contributed by atoms with Gasteiger partial charge in [-0.3, -0.25) is 9.10 Å². The van der Waals surface area contributed by atoms with Crippen molar-refractivity contribution in [3.8, 4) is 5.75 Å². The number of halogens is 2. The number of nitrogens with one attached hydrogen (secondary N) is 1. The topological polar surface area (TPSA) is 88.1 Å². The largest absolute Gasteiger partial charge is 0.489 e. The Morgan fingerprint density at radius 2 is 1.55 bits per heavy atom. The molecule has 0 heterocycles. The Bertz CT molecular complexity index is 1850. The Kier molecular flexibility index (Phi) is 9.07. The van der Waals surface area contributed by atoms with E-state index in [1.807, 2.05) is 18.2 Å². The number of carbonyl (C=O) groups excluding carboxylic acids is 1. The highest BCUT2D eigenvalue weighted by molar-refractivity contribution is 7.92. The zero-order valence-corrected chi connectivity index (χ0v) is 24.5. The predicted octanol–water partition coefficient (Wildman–Crippen LogP) is 7.07. The van der Waals surface area contributed by atoms with Gasteiger partial charge in [0.2, 0.25) is 0 Å². The Morgan fingerprint density at radius 1 is 0.833 bits per heavy atom. The maximum absolute atomic E-state index is 13.4. The minimum absolute atomic E-state index is 0.00948. The van der Waals surface area contributed by atoms with Gasteiger partial charge in [-0.1, -0.05) is 77.8 Å². The number of nitrogens with zero attached hydrogens (tertiary/aromatic N) is 2. The third kappa shape index (κ3) is 7.09. The summed E-state index contributed by atoms with van der Waals surface area (Å²) in [5, 5.41) is 6.74. The first-order valence-corrected chi connectivity index (χ1v) is 15.0. The van der Waals surface area contributed by atoms with Crippen LogP contribution >= 0.6 is 23.2 Å². The van der Waals surface area contributed by atoms with E-state index in [9.17, 15) is 13.2 Å². The molecule has 5 rings (SSSR count). The van der Waals surface area contributed by atoms with Crippen molar-refractivity contribution in [2.45, 2.75) is 11.5 Å². The van der Waals surface area contributed by atoms with E-state index in [1.54, 1.807) is 42.5 Å². The van der Waals surface area contributed by atoms with Gasteiger partial charge in [-0.25, -0.2) is 13.8 Å². The van der Waals surface area contributed by atoms with Crippen LogP contribution in [0.5, 0.6) is 5.75 Å². The molecule has 10 heteroatoms. The van der Waals surface area contributed by atoms with Crippen LogP contribution in [0.15, 0.2) is 125 Å². The van der Waals surface area contributed by atoms with Crippen molar-refractivity contribution in [2.24, 2.45) is 5.10 Å². The molecule has 212 valence electrons. The molecule has 0 spiro atoms. The highest BCUT2D eigenvalue weighted by Crippen LogP contribution is 2.32. The smallest absolute Gasteiger partial charge is 0.264 e. The van der Waals surface area contributed by atoms with Crippen LogP contribution in [0.3, 0.4) is 0 Å². The van der Waals surface area contributed by atoms with E-state index >= 15 is 0 Å². The standard InChI is InChI=1S/C32H25Cl2N3O4S/c33-27-14-17-31(30(34)19-27)37(42(39,40)29-8-2-1-3-9-29)21-32(38)36-35-20-23-11-15-28(16-12-23)41-22-24-10-13-25-6-4-5-7-26(25)18-24/h1-20H,21-22H2,(H,36,38)/b35-20-. The first-order valence-electron chi connectivity index (χ1n) is 12.8. The van der Waals surface area contributed by atoms with E-state index in [2.05, 4.69) is 34.8 Å². The highest BCUT2D eigenvalue weighted by Gasteiger charge is 2.28. The van der Waals surface area contributed by atoms with Crippen LogP contribution in [0.2, 0.25) is 10.0 Å². The molecule has 0 saturated heterocycles. The van der Waals surface area contributed by atoms with Crippen LogP contribution in [0.25, 0.3) is 10.8 Å². The average molecular weight is 619 g/mol. The van der Waals surface area contributed by atoms with Crippen molar-refractivity contribution >= 4 is 61.8 Å². The lowest BCUT2D eigenvalue weighted by Crippen LogP contribution is -2.39. The molecule has 0 fully saturated rings. The number of sulfonamides is 1. The van der Waals surface area contributed by atoms with Gasteiger partial charge in [0.1, 0.15) is 18.9 Å². The Labute approximate surface area is 254 Å². The number of hydrazone groups is 1. The third-order valence-electron chi connectivity index (χ3n) is 6.30. The normalized spacial score (nSPS) is 11.5. The summed E-state index contributed by atoms with van der Waals surface area (Å²) in [6.45, 7) is -0.133. The lowest BCUT2D eigenvalue weighted by atomic mass is 10.1. The number of hydrogen-bond acceptors (Lipinski definition) is 5. The summed E-state index contributed by atoms with van der Waals surface area (Å²) in [7, 11) is -4.12. The summed E-state index contributed by atoms with van der Waals surface area (Å²) in [4.78, 5) is 12.8. The van der Waals surface area contributed by atoms with Crippen LogP contribution in [-0.4, -0.2) is 27.1 Å². The molecule has 5 aromatic rings. The van der Waals surface area contributed by atoms with Gasteiger partial charge in [0.25, 0.3) is 15.9 Å². The van der Waals surface area contributed by atoms with Gasteiger partial charge < -0.3 is 4.74 Å². The Balaban J connectivity index is 1.22. The molecule has 0 aromatic heterocycles. The Hall–Kier alpha value is -4.37. The van der Waals surface area contributed by atoms with Gasteiger partial charge in [0.15, 0.2) is 0 Å². The van der Waals surface area contributed by atoms with Gasteiger partial charge in [-0.05, 0) is 82.6 Å². The van der Waals surface area contributed by atoms with E-state index in [0.29, 0.717) is 22.9 Å². The second-order valence-electron chi connectivity index (χ2n) is 9.25. The summed E-state index contributed by atoms with van der Waals surface area (Å²) in [5.41, 5.74) is 4.27. The highest BCUT2D eigenvalue weighted by atomic mass is 35.5. The summed E-state index contributed by atoms with van der Waals surface area (Å²) < 4.78 is 33.7. The van der Waals surface area contributed by atoms with E-state index < -0.39 is 22.5 Å². The molecule has 0 aliphatic carbocycles. The molecule has 1 N–H and O–H groups in total. The number of ether oxygens (including phenoxy) is 1. The minimum Gasteiger partial charge on any atom is -0.489 e. The summed E-state index contributed by atoms with van der Waals surface area (Å²) in [6, 6.07) is 33.7. The number of anilines is 1. The van der Waals surface area contributed by atoms with Crippen LogP contribution in [0.1, 0.15) is 11.1 Å². The number of benzene rings is 5. The minimum atomic E-state index is -4.12. The molecule has 0 unspecified atom stereocenters. The number of amides is 1. The fourth-order valence-corrected chi connectivity index (χ4v) is 6.21.